The zero-order valence-electron chi connectivity index (χ0n) is 14.3. The molecule has 2 heterocycles. The van der Waals surface area contributed by atoms with Crippen LogP contribution in [0.4, 0.5) is 0 Å². The van der Waals surface area contributed by atoms with E-state index >= 15 is 0 Å². The Hall–Kier alpha value is -1.44. The summed E-state index contributed by atoms with van der Waals surface area (Å²) in [5.74, 6) is -0.0596. The summed E-state index contributed by atoms with van der Waals surface area (Å²) in [4.78, 5) is 17.4. The Labute approximate surface area is 143 Å². The van der Waals surface area contributed by atoms with Crippen molar-refractivity contribution in [2.75, 3.05) is 45.5 Å². The predicted octanol–water partition coefficient (Wildman–Crippen LogP) is 0.518. The molecule has 0 aromatic heterocycles. The number of amides is 1. The second-order valence-corrected chi connectivity index (χ2v) is 8.74. The van der Waals surface area contributed by atoms with Crippen molar-refractivity contribution >= 4 is 15.7 Å². The number of piperazine rings is 1. The van der Waals surface area contributed by atoms with Crippen molar-refractivity contribution in [2.24, 2.45) is 0 Å². The minimum absolute atomic E-state index is 0.0596. The molecule has 2 fully saturated rings. The highest BCUT2D eigenvalue weighted by atomic mass is 32.2. The highest BCUT2D eigenvalue weighted by Crippen LogP contribution is 2.22. The molecular formula is C17H25N3O3S. The maximum atomic E-state index is 12.9. The predicted molar refractivity (Wildman–Crippen MR) is 93.0 cm³/mol. The van der Waals surface area contributed by atoms with Crippen molar-refractivity contribution in [3.05, 3.63) is 29.3 Å². The lowest BCUT2D eigenvalue weighted by molar-refractivity contribution is 0.0772. The molecule has 132 valence electrons. The van der Waals surface area contributed by atoms with Gasteiger partial charge in [0.25, 0.3) is 5.91 Å². The number of benzene rings is 1. The molecule has 0 spiro atoms. The van der Waals surface area contributed by atoms with Crippen LogP contribution in [0, 0.1) is 6.92 Å². The van der Waals surface area contributed by atoms with Crippen molar-refractivity contribution in [1.29, 1.82) is 0 Å². The normalized spacial score (nSPS) is 22.8. The molecule has 0 saturated carbocycles. The van der Waals surface area contributed by atoms with Crippen LogP contribution in [0.3, 0.4) is 0 Å². The molecule has 0 bridgehead atoms. The van der Waals surface area contributed by atoms with E-state index < -0.39 is 9.84 Å². The Morgan fingerprint density at radius 3 is 2.58 bits per heavy atom. The number of carbonyl (C=O) groups excluding carboxylic acids is 1. The monoisotopic (exact) mass is 351 g/mol. The molecule has 1 N–H and O–H groups in total. The van der Waals surface area contributed by atoms with Crippen LogP contribution in [0.2, 0.25) is 0 Å². The van der Waals surface area contributed by atoms with Crippen LogP contribution in [0.25, 0.3) is 0 Å². The second kappa shape index (κ2) is 6.82. The maximum Gasteiger partial charge on any atom is 0.254 e. The van der Waals surface area contributed by atoms with Gasteiger partial charge in [-0.25, -0.2) is 8.42 Å². The van der Waals surface area contributed by atoms with E-state index in [4.69, 9.17) is 0 Å². The molecule has 0 radical (unpaired) electrons. The lowest BCUT2D eigenvalue weighted by Gasteiger charge is -2.32. The third kappa shape index (κ3) is 3.63. The average molecular weight is 351 g/mol. The van der Waals surface area contributed by atoms with Gasteiger partial charge in [-0.05, 0) is 31.0 Å². The Balaban J connectivity index is 1.75. The summed E-state index contributed by atoms with van der Waals surface area (Å²) in [6.45, 7) is 7.35. The van der Waals surface area contributed by atoms with Gasteiger partial charge >= 0.3 is 0 Å². The molecule has 2 aliphatic heterocycles. The quantitative estimate of drug-likeness (QED) is 0.860. The van der Waals surface area contributed by atoms with Crippen LogP contribution >= 0.6 is 0 Å². The second-order valence-electron chi connectivity index (χ2n) is 6.73. The minimum Gasteiger partial charge on any atom is -0.337 e. The molecule has 2 saturated heterocycles. The molecule has 1 amide bonds. The van der Waals surface area contributed by atoms with E-state index in [0.717, 1.165) is 51.3 Å². The Kier molecular flexibility index (Phi) is 4.94. The van der Waals surface area contributed by atoms with Gasteiger partial charge in [0.15, 0.2) is 9.84 Å². The molecular weight excluding hydrogens is 326 g/mol. The maximum absolute atomic E-state index is 12.9. The molecule has 1 atom stereocenters. The van der Waals surface area contributed by atoms with E-state index in [1.165, 1.54) is 12.3 Å². The summed E-state index contributed by atoms with van der Waals surface area (Å²) in [5.41, 5.74) is 1.32. The third-order valence-corrected chi connectivity index (χ3v) is 6.10. The topological polar surface area (TPSA) is 69.7 Å². The largest absolute Gasteiger partial charge is 0.337 e. The fourth-order valence-corrected chi connectivity index (χ4v) is 4.15. The number of carbonyl (C=O) groups is 1. The lowest BCUT2D eigenvalue weighted by Crippen LogP contribution is -2.49. The summed E-state index contributed by atoms with van der Waals surface area (Å²) in [7, 11) is -3.31. The van der Waals surface area contributed by atoms with Gasteiger partial charge in [-0.2, -0.15) is 0 Å². The average Bonchev–Trinajstić information content (AvgIpc) is 3.04. The van der Waals surface area contributed by atoms with E-state index in [1.54, 1.807) is 12.1 Å². The smallest absolute Gasteiger partial charge is 0.254 e. The molecule has 3 rings (SSSR count). The van der Waals surface area contributed by atoms with Crippen LogP contribution < -0.4 is 5.32 Å². The lowest BCUT2D eigenvalue weighted by atomic mass is 10.1. The number of nitrogens with zero attached hydrogens (tertiary/aromatic N) is 2. The van der Waals surface area contributed by atoms with E-state index in [-0.39, 0.29) is 10.8 Å². The van der Waals surface area contributed by atoms with Gasteiger partial charge in [0.1, 0.15) is 0 Å². The summed E-state index contributed by atoms with van der Waals surface area (Å²) < 4.78 is 23.5. The van der Waals surface area contributed by atoms with E-state index in [1.807, 2.05) is 11.8 Å². The molecule has 1 aromatic rings. The van der Waals surface area contributed by atoms with E-state index in [0.29, 0.717) is 11.6 Å². The van der Waals surface area contributed by atoms with Gasteiger partial charge in [0.2, 0.25) is 0 Å². The SMILES string of the molecule is Cc1ccc(S(C)(=O)=O)cc1C(=O)N1CCC(N2CCNCC2)C1. The zero-order chi connectivity index (χ0) is 17.3. The molecule has 1 aromatic carbocycles. The Morgan fingerprint density at radius 2 is 1.92 bits per heavy atom. The van der Waals surface area contributed by atoms with Crippen molar-refractivity contribution in [3.8, 4) is 0 Å². The zero-order valence-corrected chi connectivity index (χ0v) is 15.1. The highest BCUT2D eigenvalue weighted by molar-refractivity contribution is 7.90. The van der Waals surface area contributed by atoms with Crippen LogP contribution in [0.5, 0.6) is 0 Å². The number of nitrogens with one attached hydrogen (secondary N) is 1. The molecule has 0 aliphatic carbocycles. The molecule has 6 nitrogen and oxygen atoms in total. The van der Waals surface area contributed by atoms with Crippen molar-refractivity contribution < 1.29 is 13.2 Å². The Morgan fingerprint density at radius 1 is 1.21 bits per heavy atom. The first kappa shape index (κ1) is 17.4. The van der Waals surface area contributed by atoms with Crippen molar-refractivity contribution in [2.45, 2.75) is 24.3 Å². The third-order valence-electron chi connectivity index (χ3n) is 4.99. The van der Waals surface area contributed by atoms with Gasteiger partial charge < -0.3 is 10.2 Å². The van der Waals surface area contributed by atoms with Crippen LogP contribution in [0.1, 0.15) is 22.3 Å². The fraction of sp³-hybridized carbons (Fsp3) is 0.588. The molecule has 7 heteroatoms. The summed E-state index contributed by atoms with van der Waals surface area (Å²) in [6, 6.07) is 5.21. The molecule has 24 heavy (non-hydrogen) atoms. The number of likely N-dealkylation sites (tertiary alicyclic amines) is 1. The van der Waals surface area contributed by atoms with Gasteiger partial charge in [-0.3, -0.25) is 9.69 Å². The van der Waals surface area contributed by atoms with Gasteiger partial charge in [0, 0.05) is 57.1 Å². The van der Waals surface area contributed by atoms with Crippen LogP contribution in [-0.2, 0) is 9.84 Å². The summed E-state index contributed by atoms with van der Waals surface area (Å²) in [6.07, 6.45) is 2.15. The number of sulfone groups is 1. The van der Waals surface area contributed by atoms with Crippen molar-refractivity contribution in [3.63, 3.8) is 0 Å². The minimum atomic E-state index is -3.31. The number of hydrogen-bond acceptors (Lipinski definition) is 5. The standard InChI is InChI=1S/C17H25N3O3S/c1-13-3-4-15(24(2,22)23)11-16(13)17(21)20-8-5-14(12-20)19-9-6-18-7-10-19/h3-4,11,14,18H,5-10,12H2,1-2H3. The number of hydrogen-bond donors (Lipinski definition) is 1. The first-order valence-corrected chi connectivity index (χ1v) is 10.3. The van der Waals surface area contributed by atoms with Crippen LogP contribution in [-0.4, -0.2) is 75.7 Å². The molecule has 1 unspecified atom stereocenters. The van der Waals surface area contributed by atoms with E-state index in [2.05, 4.69) is 10.2 Å². The van der Waals surface area contributed by atoms with Gasteiger partial charge in [-0.15, -0.1) is 0 Å². The van der Waals surface area contributed by atoms with E-state index in [9.17, 15) is 13.2 Å². The summed E-state index contributed by atoms with van der Waals surface area (Å²) in [5, 5.41) is 3.35. The van der Waals surface area contributed by atoms with Crippen molar-refractivity contribution in [1.82, 2.24) is 15.1 Å². The molecule has 2 aliphatic rings. The first-order valence-electron chi connectivity index (χ1n) is 8.41. The highest BCUT2D eigenvalue weighted by Gasteiger charge is 2.32. The van der Waals surface area contributed by atoms with Gasteiger partial charge in [-0.1, -0.05) is 6.07 Å². The summed E-state index contributed by atoms with van der Waals surface area (Å²) >= 11 is 0. The van der Waals surface area contributed by atoms with Gasteiger partial charge in [0.05, 0.1) is 4.90 Å². The van der Waals surface area contributed by atoms with Crippen LogP contribution in [0.15, 0.2) is 23.1 Å². The number of aryl methyl sites for hydroxylation is 1. The number of rotatable bonds is 3. The first-order chi connectivity index (χ1) is 11.4. The Bertz CT molecular complexity index is 727. The fourth-order valence-electron chi connectivity index (χ4n) is 3.50.